The number of benzene rings is 1. The molecule has 0 aromatic heterocycles. The van der Waals surface area contributed by atoms with E-state index in [9.17, 15) is 0 Å². The molecule has 2 rings (SSSR count). The van der Waals surface area contributed by atoms with E-state index in [2.05, 4.69) is 32.2 Å². The molecule has 0 bridgehead atoms. The number of halogens is 2. The highest BCUT2D eigenvalue weighted by atomic mass is 79.9. The van der Waals surface area contributed by atoms with Crippen molar-refractivity contribution in [2.45, 2.75) is 25.8 Å². The molecule has 100 valence electrons. The molecular formula is C14H20BrClN2. The molecule has 2 nitrogen and oxygen atoms in total. The van der Waals surface area contributed by atoms with Gasteiger partial charge in [0.05, 0.1) is 5.02 Å². The summed E-state index contributed by atoms with van der Waals surface area (Å²) in [6.07, 6.45) is 4.13. The van der Waals surface area contributed by atoms with Crippen molar-refractivity contribution in [2.24, 2.45) is 0 Å². The third-order valence-electron chi connectivity index (χ3n) is 3.37. The summed E-state index contributed by atoms with van der Waals surface area (Å²) in [4.78, 5) is 2.55. The van der Waals surface area contributed by atoms with Crippen molar-refractivity contribution in [3.05, 3.63) is 33.3 Å². The molecule has 1 aliphatic rings. The lowest BCUT2D eigenvalue weighted by atomic mass is 10.1. The largest absolute Gasteiger partial charge is 0.311 e. The fraction of sp³-hybridized carbons (Fsp3) is 0.571. The summed E-state index contributed by atoms with van der Waals surface area (Å²) in [5.74, 6) is 0. The van der Waals surface area contributed by atoms with Crippen molar-refractivity contribution in [3.63, 3.8) is 0 Å². The Morgan fingerprint density at radius 3 is 2.72 bits per heavy atom. The number of nitrogens with zero attached hydrogens (tertiary/aromatic N) is 1. The predicted molar refractivity (Wildman–Crippen MR) is 81.1 cm³/mol. The molecule has 0 amide bonds. The Kier molecular flexibility index (Phi) is 5.96. The lowest BCUT2D eigenvalue weighted by molar-refractivity contribution is 0.229. The van der Waals surface area contributed by atoms with E-state index in [-0.39, 0.29) is 0 Å². The summed E-state index contributed by atoms with van der Waals surface area (Å²) in [5, 5.41) is 4.26. The van der Waals surface area contributed by atoms with Gasteiger partial charge in [-0.1, -0.05) is 24.1 Å². The Hall–Kier alpha value is -0.0900. The van der Waals surface area contributed by atoms with Gasteiger partial charge in [0.1, 0.15) is 0 Å². The van der Waals surface area contributed by atoms with Gasteiger partial charge in [0, 0.05) is 24.1 Å². The van der Waals surface area contributed by atoms with Crippen molar-refractivity contribution in [3.8, 4) is 0 Å². The molecule has 1 aromatic carbocycles. The van der Waals surface area contributed by atoms with Gasteiger partial charge in [-0.15, -0.1) is 0 Å². The van der Waals surface area contributed by atoms with E-state index in [1.165, 1.54) is 37.9 Å². The van der Waals surface area contributed by atoms with Crippen LogP contribution < -0.4 is 5.32 Å². The van der Waals surface area contributed by atoms with Crippen LogP contribution in [0.2, 0.25) is 5.02 Å². The topological polar surface area (TPSA) is 15.3 Å². The Balaban J connectivity index is 1.66. The standard InChI is InChI=1S/C14H20BrClN2/c15-13-5-4-12(10-14(13)16)11-17-6-9-18-7-2-1-3-8-18/h4-5,10,17H,1-3,6-9,11H2. The zero-order chi connectivity index (χ0) is 12.8. The third-order valence-corrected chi connectivity index (χ3v) is 4.60. The average Bonchev–Trinajstić information content (AvgIpc) is 2.40. The first-order valence-electron chi connectivity index (χ1n) is 6.63. The molecule has 1 heterocycles. The van der Waals surface area contributed by atoms with Crippen LogP contribution in [-0.2, 0) is 6.54 Å². The fourth-order valence-corrected chi connectivity index (χ4v) is 2.75. The van der Waals surface area contributed by atoms with Crippen LogP contribution in [-0.4, -0.2) is 31.1 Å². The van der Waals surface area contributed by atoms with Crippen LogP contribution in [0.4, 0.5) is 0 Å². The molecule has 0 atom stereocenters. The second-order valence-electron chi connectivity index (χ2n) is 4.83. The summed E-state index contributed by atoms with van der Waals surface area (Å²) in [5.41, 5.74) is 1.24. The van der Waals surface area contributed by atoms with E-state index >= 15 is 0 Å². The van der Waals surface area contributed by atoms with E-state index in [0.717, 1.165) is 29.1 Å². The maximum atomic E-state index is 6.07. The van der Waals surface area contributed by atoms with E-state index in [1.54, 1.807) is 0 Å². The van der Waals surface area contributed by atoms with E-state index in [1.807, 2.05) is 12.1 Å². The summed E-state index contributed by atoms with van der Waals surface area (Å²) >= 11 is 9.47. The Bertz CT molecular complexity index is 378. The molecule has 18 heavy (non-hydrogen) atoms. The maximum Gasteiger partial charge on any atom is 0.0551 e. The number of nitrogens with one attached hydrogen (secondary N) is 1. The second-order valence-corrected chi connectivity index (χ2v) is 6.09. The first kappa shape index (κ1) is 14.3. The quantitative estimate of drug-likeness (QED) is 0.828. The third kappa shape index (κ3) is 4.54. The van der Waals surface area contributed by atoms with Crippen LogP contribution in [0.15, 0.2) is 22.7 Å². The molecule has 1 aromatic rings. The zero-order valence-corrected chi connectivity index (χ0v) is 12.9. The number of hydrogen-bond acceptors (Lipinski definition) is 2. The minimum absolute atomic E-state index is 0.783. The monoisotopic (exact) mass is 330 g/mol. The minimum Gasteiger partial charge on any atom is -0.311 e. The number of rotatable bonds is 5. The van der Waals surface area contributed by atoms with Gasteiger partial charge in [0.2, 0.25) is 0 Å². The molecule has 0 aliphatic carbocycles. The van der Waals surface area contributed by atoms with Gasteiger partial charge in [0.25, 0.3) is 0 Å². The van der Waals surface area contributed by atoms with E-state index < -0.39 is 0 Å². The summed E-state index contributed by atoms with van der Waals surface area (Å²) in [7, 11) is 0. The normalized spacial score (nSPS) is 17.0. The SMILES string of the molecule is Clc1cc(CNCCN2CCCCC2)ccc1Br. The zero-order valence-electron chi connectivity index (χ0n) is 10.6. The van der Waals surface area contributed by atoms with Crippen molar-refractivity contribution in [2.75, 3.05) is 26.2 Å². The average molecular weight is 332 g/mol. The van der Waals surface area contributed by atoms with Gasteiger partial charge in [-0.05, 0) is 59.6 Å². The summed E-state index contributed by atoms with van der Waals surface area (Å²) in [6, 6.07) is 6.12. The molecule has 0 unspecified atom stereocenters. The second kappa shape index (κ2) is 7.49. The molecule has 1 N–H and O–H groups in total. The van der Waals surface area contributed by atoms with Crippen LogP contribution in [0.1, 0.15) is 24.8 Å². The molecule has 1 saturated heterocycles. The van der Waals surface area contributed by atoms with Crippen molar-refractivity contribution < 1.29 is 0 Å². The Labute approximate surface area is 123 Å². The number of piperidine rings is 1. The highest BCUT2D eigenvalue weighted by Crippen LogP contribution is 2.22. The predicted octanol–water partition coefficient (Wildman–Crippen LogP) is 3.68. The summed E-state index contributed by atoms with van der Waals surface area (Å²) < 4.78 is 0.959. The van der Waals surface area contributed by atoms with Crippen LogP contribution >= 0.6 is 27.5 Å². The van der Waals surface area contributed by atoms with E-state index in [4.69, 9.17) is 11.6 Å². The minimum atomic E-state index is 0.783. The lowest BCUT2D eigenvalue weighted by Crippen LogP contribution is -2.35. The maximum absolute atomic E-state index is 6.07. The molecule has 0 spiro atoms. The van der Waals surface area contributed by atoms with Gasteiger partial charge in [-0.25, -0.2) is 0 Å². The van der Waals surface area contributed by atoms with Gasteiger partial charge in [-0.2, -0.15) is 0 Å². The van der Waals surface area contributed by atoms with Crippen molar-refractivity contribution in [1.82, 2.24) is 10.2 Å². The van der Waals surface area contributed by atoms with Gasteiger partial charge in [0.15, 0.2) is 0 Å². The van der Waals surface area contributed by atoms with Crippen LogP contribution in [0, 0.1) is 0 Å². The Morgan fingerprint density at radius 2 is 2.00 bits per heavy atom. The molecule has 0 radical (unpaired) electrons. The molecule has 4 heteroatoms. The fourth-order valence-electron chi connectivity index (χ4n) is 2.30. The molecule has 1 aliphatic heterocycles. The Morgan fingerprint density at radius 1 is 1.22 bits per heavy atom. The van der Waals surface area contributed by atoms with E-state index in [0.29, 0.717) is 0 Å². The first-order valence-corrected chi connectivity index (χ1v) is 7.80. The first-order chi connectivity index (χ1) is 8.75. The lowest BCUT2D eigenvalue weighted by Gasteiger charge is -2.26. The smallest absolute Gasteiger partial charge is 0.0551 e. The highest BCUT2D eigenvalue weighted by molar-refractivity contribution is 9.10. The van der Waals surface area contributed by atoms with Crippen molar-refractivity contribution in [1.29, 1.82) is 0 Å². The summed E-state index contributed by atoms with van der Waals surface area (Å²) in [6.45, 7) is 5.64. The van der Waals surface area contributed by atoms with Crippen LogP contribution in [0.3, 0.4) is 0 Å². The number of hydrogen-bond donors (Lipinski definition) is 1. The molecule has 1 fully saturated rings. The van der Waals surface area contributed by atoms with Gasteiger partial charge < -0.3 is 10.2 Å². The number of likely N-dealkylation sites (tertiary alicyclic amines) is 1. The van der Waals surface area contributed by atoms with Crippen LogP contribution in [0.5, 0.6) is 0 Å². The molecule has 0 saturated carbocycles. The van der Waals surface area contributed by atoms with Gasteiger partial charge >= 0.3 is 0 Å². The van der Waals surface area contributed by atoms with Crippen LogP contribution in [0.25, 0.3) is 0 Å². The highest BCUT2D eigenvalue weighted by Gasteiger charge is 2.08. The van der Waals surface area contributed by atoms with Gasteiger partial charge in [-0.3, -0.25) is 0 Å². The van der Waals surface area contributed by atoms with Crippen molar-refractivity contribution >= 4 is 27.5 Å². The molecular weight excluding hydrogens is 312 g/mol.